The van der Waals surface area contributed by atoms with Gasteiger partial charge in [-0.1, -0.05) is 0 Å². The SMILES string of the molecule is C1[C@@H]2[C@@H]3O[C@H]4O[C@H]5CC[C@@H](O3)[C@@H]2[C@H]5[C@@H]14. The van der Waals surface area contributed by atoms with E-state index in [0.717, 1.165) is 11.8 Å². The zero-order chi connectivity index (χ0) is 8.86. The normalized spacial score (nSPS) is 72.0. The molecule has 0 radical (unpaired) electrons. The quantitative estimate of drug-likeness (QED) is 0.578. The van der Waals surface area contributed by atoms with Gasteiger partial charge >= 0.3 is 0 Å². The van der Waals surface area contributed by atoms with Crippen LogP contribution in [0.4, 0.5) is 0 Å². The average Bonchev–Trinajstić information content (AvgIpc) is 2.82. The summed E-state index contributed by atoms with van der Waals surface area (Å²) in [6.07, 6.45) is 4.85. The molecule has 0 spiro atoms. The average molecular weight is 194 g/mol. The highest BCUT2D eigenvalue weighted by molar-refractivity contribution is 5.11. The molecule has 3 heterocycles. The molecule has 76 valence electrons. The van der Waals surface area contributed by atoms with Crippen molar-refractivity contribution in [2.45, 2.75) is 44.1 Å². The maximum absolute atomic E-state index is 5.98. The third-order valence-electron chi connectivity index (χ3n) is 5.16. The molecule has 3 heteroatoms. The van der Waals surface area contributed by atoms with Crippen molar-refractivity contribution in [3.8, 4) is 0 Å². The van der Waals surface area contributed by atoms with Gasteiger partial charge in [-0.3, -0.25) is 0 Å². The molecule has 0 N–H and O–H groups in total. The van der Waals surface area contributed by atoms with E-state index in [0.29, 0.717) is 24.0 Å². The van der Waals surface area contributed by atoms with Crippen LogP contribution in [0.15, 0.2) is 0 Å². The Labute approximate surface area is 82.7 Å². The van der Waals surface area contributed by atoms with Gasteiger partial charge in [0.05, 0.1) is 12.2 Å². The Morgan fingerprint density at radius 2 is 1.29 bits per heavy atom. The Balaban J connectivity index is 1.74. The first kappa shape index (κ1) is 7.20. The fourth-order valence-electron chi connectivity index (χ4n) is 4.81. The lowest BCUT2D eigenvalue weighted by Crippen LogP contribution is -2.36. The Kier molecular flexibility index (Phi) is 1.05. The van der Waals surface area contributed by atoms with E-state index in [1.54, 1.807) is 0 Å². The molecule has 0 aromatic carbocycles. The topological polar surface area (TPSA) is 27.7 Å². The second kappa shape index (κ2) is 2.04. The Morgan fingerprint density at radius 1 is 0.714 bits per heavy atom. The van der Waals surface area contributed by atoms with Gasteiger partial charge in [-0.05, 0) is 31.1 Å². The lowest BCUT2D eigenvalue weighted by Gasteiger charge is -2.32. The highest BCUT2D eigenvalue weighted by atomic mass is 16.8. The van der Waals surface area contributed by atoms with Gasteiger partial charge in [0, 0.05) is 11.8 Å². The number of ether oxygens (including phenoxy) is 3. The van der Waals surface area contributed by atoms with Crippen molar-refractivity contribution < 1.29 is 14.2 Å². The van der Waals surface area contributed by atoms with Gasteiger partial charge in [-0.25, -0.2) is 0 Å². The van der Waals surface area contributed by atoms with Crippen LogP contribution < -0.4 is 0 Å². The lowest BCUT2D eigenvalue weighted by atomic mass is 9.75. The fourth-order valence-corrected chi connectivity index (χ4v) is 4.81. The first-order chi connectivity index (χ1) is 6.92. The Morgan fingerprint density at radius 3 is 1.86 bits per heavy atom. The van der Waals surface area contributed by atoms with Crippen LogP contribution in [-0.2, 0) is 14.2 Å². The zero-order valence-electron chi connectivity index (χ0n) is 7.96. The van der Waals surface area contributed by atoms with Crippen LogP contribution >= 0.6 is 0 Å². The molecule has 3 saturated heterocycles. The molecular formula is C11H14O3. The van der Waals surface area contributed by atoms with Crippen LogP contribution in [0.25, 0.3) is 0 Å². The van der Waals surface area contributed by atoms with E-state index >= 15 is 0 Å². The Bertz CT molecular complexity index is 277. The summed E-state index contributed by atoms with van der Waals surface area (Å²) < 4.78 is 17.9. The van der Waals surface area contributed by atoms with Gasteiger partial charge < -0.3 is 14.2 Å². The maximum Gasteiger partial charge on any atom is 0.164 e. The summed E-state index contributed by atoms with van der Waals surface area (Å²) in [5.74, 6) is 2.96. The maximum atomic E-state index is 5.98. The summed E-state index contributed by atoms with van der Waals surface area (Å²) in [7, 11) is 0. The van der Waals surface area contributed by atoms with Crippen LogP contribution in [0.2, 0.25) is 0 Å². The van der Waals surface area contributed by atoms with Crippen molar-refractivity contribution in [2.75, 3.05) is 0 Å². The molecule has 3 aliphatic heterocycles. The van der Waals surface area contributed by atoms with Crippen molar-refractivity contribution in [1.29, 1.82) is 0 Å². The summed E-state index contributed by atoms with van der Waals surface area (Å²) in [6, 6.07) is 0. The van der Waals surface area contributed by atoms with Gasteiger partial charge in [0.2, 0.25) is 0 Å². The monoisotopic (exact) mass is 194 g/mol. The molecule has 0 aromatic rings. The molecule has 0 aromatic heterocycles. The molecule has 2 saturated carbocycles. The van der Waals surface area contributed by atoms with E-state index in [2.05, 4.69) is 0 Å². The number of rotatable bonds is 0. The second-order valence-electron chi connectivity index (χ2n) is 5.52. The van der Waals surface area contributed by atoms with E-state index < -0.39 is 0 Å². The van der Waals surface area contributed by atoms with Gasteiger partial charge in [0.1, 0.15) is 0 Å². The highest BCUT2D eigenvalue weighted by Crippen LogP contribution is 2.64. The molecule has 14 heavy (non-hydrogen) atoms. The van der Waals surface area contributed by atoms with Gasteiger partial charge in [-0.2, -0.15) is 0 Å². The minimum absolute atomic E-state index is 0.0790. The lowest BCUT2D eigenvalue weighted by molar-refractivity contribution is -0.268. The molecule has 0 unspecified atom stereocenters. The second-order valence-corrected chi connectivity index (χ2v) is 5.52. The zero-order valence-corrected chi connectivity index (χ0v) is 7.96. The summed E-state index contributed by atoms with van der Waals surface area (Å²) in [5, 5.41) is 0. The van der Waals surface area contributed by atoms with E-state index in [4.69, 9.17) is 14.2 Å². The highest BCUT2D eigenvalue weighted by Gasteiger charge is 2.68. The molecule has 8 atom stereocenters. The molecule has 5 aliphatic rings. The molecular weight excluding hydrogens is 180 g/mol. The van der Waals surface area contributed by atoms with Crippen LogP contribution in [0.5, 0.6) is 0 Å². The van der Waals surface area contributed by atoms with Crippen molar-refractivity contribution >= 4 is 0 Å². The smallest absolute Gasteiger partial charge is 0.164 e. The van der Waals surface area contributed by atoms with E-state index in [9.17, 15) is 0 Å². The largest absolute Gasteiger partial charge is 0.349 e. The summed E-state index contributed by atoms with van der Waals surface area (Å²) in [4.78, 5) is 0. The van der Waals surface area contributed by atoms with Gasteiger partial charge in [0.15, 0.2) is 12.6 Å². The van der Waals surface area contributed by atoms with Crippen LogP contribution in [0, 0.1) is 23.7 Å². The first-order valence-electron chi connectivity index (χ1n) is 5.88. The van der Waals surface area contributed by atoms with E-state index in [1.807, 2.05) is 0 Å². The van der Waals surface area contributed by atoms with Crippen LogP contribution in [-0.4, -0.2) is 24.8 Å². The molecule has 3 nitrogen and oxygen atoms in total. The van der Waals surface area contributed by atoms with Crippen molar-refractivity contribution in [1.82, 2.24) is 0 Å². The number of hydrogen-bond donors (Lipinski definition) is 0. The minimum atomic E-state index is 0.0790. The summed E-state index contributed by atoms with van der Waals surface area (Å²) in [5.41, 5.74) is 0. The molecule has 0 amide bonds. The third-order valence-corrected chi connectivity index (χ3v) is 5.16. The van der Waals surface area contributed by atoms with Gasteiger partial charge in [-0.15, -0.1) is 0 Å². The number of hydrogen-bond acceptors (Lipinski definition) is 3. The third kappa shape index (κ3) is 0.589. The molecule has 5 fully saturated rings. The molecule has 2 aliphatic carbocycles. The first-order valence-corrected chi connectivity index (χ1v) is 5.88. The standard InChI is InChI=1S/C11H14O3/c1-2-7-9-5-3-4-8(9)6(1)12-10(4)14-11(5)13-7/h4-11H,1-3H2/t4-,5+,6+,7-,8+,9-,10-,11+. The predicted octanol–water partition coefficient (Wildman–Crippen LogP) is 1.13. The van der Waals surface area contributed by atoms with Crippen molar-refractivity contribution in [3.05, 3.63) is 0 Å². The predicted molar refractivity (Wildman–Crippen MR) is 46.2 cm³/mol. The van der Waals surface area contributed by atoms with Crippen LogP contribution in [0.1, 0.15) is 19.3 Å². The molecule has 2 bridgehead atoms. The summed E-state index contributed by atoms with van der Waals surface area (Å²) >= 11 is 0. The summed E-state index contributed by atoms with van der Waals surface area (Å²) in [6.45, 7) is 0. The molecule has 5 rings (SSSR count). The Hall–Kier alpha value is -0.120. The van der Waals surface area contributed by atoms with Gasteiger partial charge in [0.25, 0.3) is 0 Å². The van der Waals surface area contributed by atoms with E-state index in [-0.39, 0.29) is 12.6 Å². The fraction of sp³-hybridized carbons (Fsp3) is 1.00. The van der Waals surface area contributed by atoms with Crippen molar-refractivity contribution in [3.63, 3.8) is 0 Å². The minimum Gasteiger partial charge on any atom is -0.349 e. The van der Waals surface area contributed by atoms with E-state index in [1.165, 1.54) is 19.3 Å². The van der Waals surface area contributed by atoms with Crippen molar-refractivity contribution in [2.24, 2.45) is 23.7 Å². The van der Waals surface area contributed by atoms with Crippen LogP contribution in [0.3, 0.4) is 0 Å².